The molecule has 0 aliphatic heterocycles. The van der Waals surface area contributed by atoms with Crippen LogP contribution < -0.4 is 10.1 Å². The van der Waals surface area contributed by atoms with E-state index in [0.717, 1.165) is 32.6 Å². The van der Waals surface area contributed by atoms with Crippen LogP contribution in [0.5, 0.6) is 5.75 Å². The third-order valence-electron chi connectivity index (χ3n) is 2.56. The molecule has 1 N–H and O–H groups in total. The van der Waals surface area contributed by atoms with Gasteiger partial charge in [0.15, 0.2) is 0 Å². The molecule has 0 aliphatic rings. The number of ether oxygens (including phenoxy) is 1. The first-order chi connectivity index (χ1) is 8.61. The Morgan fingerprint density at radius 1 is 1.33 bits per heavy atom. The number of benzene rings is 1. The van der Waals surface area contributed by atoms with Crippen LogP contribution in [0, 0.1) is 13.8 Å². The highest BCUT2D eigenvalue weighted by atomic mass is 35.5. The van der Waals surface area contributed by atoms with Crippen molar-refractivity contribution in [1.29, 1.82) is 0 Å². The average Bonchev–Trinajstić information content (AvgIpc) is 2.75. The number of aryl methyl sites for hydroxylation is 2. The van der Waals surface area contributed by atoms with E-state index in [0.29, 0.717) is 6.61 Å². The Morgan fingerprint density at radius 2 is 2.00 bits per heavy atom. The van der Waals surface area contributed by atoms with E-state index in [4.69, 9.17) is 16.3 Å². The highest BCUT2D eigenvalue weighted by molar-refractivity contribution is 7.10. The molecule has 18 heavy (non-hydrogen) atoms. The Bertz CT molecular complexity index is 533. The van der Waals surface area contributed by atoms with E-state index in [-0.39, 0.29) is 0 Å². The molecule has 4 nitrogen and oxygen atoms in total. The van der Waals surface area contributed by atoms with Crippen LogP contribution in [0.4, 0.5) is 5.00 Å². The smallest absolute Gasteiger partial charge is 0.136 e. The SMILES string of the molecule is CNc1snnc1COc1c(C)cc(Cl)cc1C. The maximum absolute atomic E-state index is 5.98. The van der Waals surface area contributed by atoms with Crippen LogP contribution >= 0.6 is 23.1 Å². The van der Waals surface area contributed by atoms with Crippen molar-refractivity contribution in [2.75, 3.05) is 12.4 Å². The Labute approximate surface area is 115 Å². The maximum Gasteiger partial charge on any atom is 0.136 e. The van der Waals surface area contributed by atoms with Crippen molar-refractivity contribution in [3.8, 4) is 5.75 Å². The Morgan fingerprint density at radius 3 is 2.61 bits per heavy atom. The van der Waals surface area contributed by atoms with Crippen molar-refractivity contribution in [3.63, 3.8) is 0 Å². The van der Waals surface area contributed by atoms with E-state index >= 15 is 0 Å². The predicted octanol–water partition coefficient (Wildman–Crippen LogP) is 3.43. The molecule has 6 heteroatoms. The summed E-state index contributed by atoms with van der Waals surface area (Å²) in [5.74, 6) is 0.856. The van der Waals surface area contributed by atoms with Crippen LogP contribution in [0.25, 0.3) is 0 Å². The second-order valence-corrected chi connectivity index (χ2v) is 5.15. The zero-order valence-corrected chi connectivity index (χ0v) is 12.0. The lowest BCUT2D eigenvalue weighted by atomic mass is 10.1. The van der Waals surface area contributed by atoms with Crippen LogP contribution in [-0.2, 0) is 6.61 Å². The summed E-state index contributed by atoms with van der Waals surface area (Å²) < 4.78 is 9.71. The van der Waals surface area contributed by atoms with Gasteiger partial charge in [0.2, 0.25) is 0 Å². The minimum absolute atomic E-state index is 0.399. The molecule has 0 aliphatic carbocycles. The summed E-state index contributed by atoms with van der Waals surface area (Å²) >= 11 is 7.31. The minimum Gasteiger partial charge on any atom is -0.487 e. The zero-order valence-electron chi connectivity index (χ0n) is 10.5. The minimum atomic E-state index is 0.399. The summed E-state index contributed by atoms with van der Waals surface area (Å²) in [6.07, 6.45) is 0. The Hall–Kier alpha value is -1.33. The molecule has 96 valence electrons. The molecule has 0 unspecified atom stereocenters. The molecule has 0 saturated carbocycles. The molecule has 0 bridgehead atoms. The third kappa shape index (κ3) is 2.73. The first kappa shape index (κ1) is 13.1. The fourth-order valence-electron chi connectivity index (χ4n) is 1.76. The highest BCUT2D eigenvalue weighted by Gasteiger charge is 2.10. The van der Waals surface area contributed by atoms with Gasteiger partial charge in [0.05, 0.1) is 0 Å². The van der Waals surface area contributed by atoms with Gasteiger partial charge in [0.1, 0.15) is 23.1 Å². The molecule has 0 fully saturated rings. The number of anilines is 1. The van der Waals surface area contributed by atoms with Crippen molar-refractivity contribution in [1.82, 2.24) is 9.59 Å². The van der Waals surface area contributed by atoms with Crippen LogP contribution in [0.15, 0.2) is 12.1 Å². The lowest BCUT2D eigenvalue weighted by Gasteiger charge is -2.12. The second kappa shape index (κ2) is 5.54. The number of hydrogen-bond donors (Lipinski definition) is 1. The molecule has 1 aromatic carbocycles. The molecular formula is C12H14ClN3OS. The van der Waals surface area contributed by atoms with Gasteiger partial charge in [-0.15, -0.1) is 5.10 Å². The Balaban J connectivity index is 2.16. The van der Waals surface area contributed by atoms with Crippen molar-refractivity contribution in [3.05, 3.63) is 34.0 Å². The monoisotopic (exact) mass is 283 g/mol. The first-order valence-electron chi connectivity index (χ1n) is 5.50. The number of nitrogens with zero attached hydrogens (tertiary/aromatic N) is 2. The summed E-state index contributed by atoms with van der Waals surface area (Å²) in [6.45, 7) is 4.36. The number of aromatic nitrogens is 2. The lowest BCUT2D eigenvalue weighted by molar-refractivity contribution is 0.297. The van der Waals surface area contributed by atoms with E-state index in [9.17, 15) is 0 Å². The van der Waals surface area contributed by atoms with Crippen molar-refractivity contribution in [2.24, 2.45) is 0 Å². The van der Waals surface area contributed by atoms with Crippen molar-refractivity contribution < 1.29 is 4.74 Å². The molecule has 2 aromatic rings. The molecule has 0 saturated heterocycles. The highest BCUT2D eigenvalue weighted by Crippen LogP contribution is 2.28. The van der Waals surface area contributed by atoms with Gasteiger partial charge in [-0.2, -0.15) is 0 Å². The van der Waals surface area contributed by atoms with Crippen LogP contribution in [-0.4, -0.2) is 16.6 Å². The van der Waals surface area contributed by atoms with Gasteiger partial charge < -0.3 is 10.1 Å². The summed E-state index contributed by atoms with van der Waals surface area (Å²) in [5, 5.41) is 8.73. The second-order valence-electron chi connectivity index (χ2n) is 3.96. The molecule has 1 aromatic heterocycles. The van der Waals surface area contributed by atoms with E-state index in [1.807, 2.05) is 33.0 Å². The molecule has 2 rings (SSSR count). The fourth-order valence-corrected chi connectivity index (χ4v) is 2.60. The predicted molar refractivity (Wildman–Crippen MR) is 74.7 cm³/mol. The molecular weight excluding hydrogens is 270 g/mol. The maximum atomic E-state index is 5.98. The van der Waals surface area contributed by atoms with E-state index in [1.165, 1.54) is 11.5 Å². The van der Waals surface area contributed by atoms with Gasteiger partial charge in [-0.1, -0.05) is 16.1 Å². The molecule has 1 heterocycles. The van der Waals surface area contributed by atoms with E-state index in [1.54, 1.807) is 0 Å². The van der Waals surface area contributed by atoms with Crippen LogP contribution in [0.1, 0.15) is 16.8 Å². The van der Waals surface area contributed by atoms with E-state index < -0.39 is 0 Å². The summed E-state index contributed by atoms with van der Waals surface area (Å²) in [7, 11) is 1.84. The van der Waals surface area contributed by atoms with Gasteiger partial charge in [0.25, 0.3) is 0 Å². The number of halogens is 1. The normalized spacial score (nSPS) is 10.4. The number of hydrogen-bond acceptors (Lipinski definition) is 5. The fraction of sp³-hybridized carbons (Fsp3) is 0.333. The standard InChI is InChI=1S/C12H14ClN3OS/c1-7-4-9(13)5-8(2)11(7)17-6-10-12(14-3)18-16-15-10/h4-5,14H,6H2,1-3H3. The number of nitrogens with one attached hydrogen (secondary N) is 1. The zero-order chi connectivity index (χ0) is 13.1. The lowest BCUT2D eigenvalue weighted by Crippen LogP contribution is -2.02. The van der Waals surface area contributed by atoms with Gasteiger partial charge in [-0.3, -0.25) is 0 Å². The van der Waals surface area contributed by atoms with Gasteiger partial charge >= 0.3 is 0 Å². The summed E-state index contributed by atoms with van der Waals surface area (Å²) in [4.78, 5) is 0. The van der Waals surface area contributed by atoms with Gasteiger partial charge in [-0.05, 0) is 37.1 Å². The van der Waals surface area contributed by atoms with Crippen molar-refractivity contribution >= 4 is 28.1 Å². The summed E-state index contributed by atoms with van der Waals surface area (Å²) in [6, 6.07) is 3.78. The topological polar surface area (TPSA) is 47.0 Å². The third-order valence-corrected chi connectivity index (χ3v) is 3.56. The molecule has 0 atom stereocenters. The average molecular weight is 284 g/mol. The van der Waals surface area contributed by atoms with Crippen LogP contribution in [0.3, 0.4) is 0 Å². The van der Waals surface area contributed by atoms with E-state index in [2.05, 4.69) is 14.9 Å². The van der Waals surface area contributed by atoms with Crippen molar-refractivity contribution in [2.45, 2.75) is 20.5 Å². The molecule has 0 spiro atoms. The molecule has 0 amide bonds. The van der Waals surface area contributed by atoms with Gasteiger partial charge in [-0.25, -0.2) is 0 Å². The van der Waals surface area contributed by atoms with Gasteiger partial charge in [0, 0.05) is 23.6 Å². The Kier molecular flexibility index (Phi) is 4.04. The first-order valence-corrected chi connectivity index (χ1v) is 6.65. The summed E-state index contributed by atoms with van der Waals surface area (Å²) in [5.41, 5.74) is 2.86. The quantitative estimate of drug-likeness (QED) is 0.934. The van der Waals surface area contributed by atoms with Crippen LogP contribution in [0.2, 0.25) is 5.02 Å². The number of rotatable bonds is 4. The largest absolute Gasteiger partial charge is 0.487 e. The molecule has 0 radical (unpaired) electrons.